The quantitative estimate of drug-likeness (QED) is 0.551. The van der Waals surface area contributed by atoms with E-state index in [0.29, 0.717) is 27.7 Å². The summed E-state index contributed by atoms with van der Waals surface area (Å²) in [5.41, 5.74) is 6.80. The Hall–Kier alpha value is -1.92. The summed E-state index contributed by atoms with van der Waals surface area (Å²) in [6.45, 7) is 1.89. The average Bonchev–Trinajstić information content (AvgIpc) is 2.61. The van der Waals surface area contributed by atoms with Gasteiger partial charge in [-0.05, 0) is 48.6 Å². The number of hydrogen-bond donors (Lipinski definition) is 1. The van der Waals surface area contributed by atoms with Crippen LogP contribution in [0, 0.1) is 5.82 Å². The Morgan fingerprint density at radius 1 is 1.40 bits per heavy atom. The van der Waals surface area contributed by atoms with Crippen molar-refractivity contribution in [3.63, 3.8) is 0 Å². The van der Waals surface area contributed by atoms with E-state index in [0.717, 1.165) is 0 Å². The molecule has 0 amide bonds. The number of aromatic nitrogens is 1. The predicted molar refractivity (Wildman–Crippen MR) is 103 cm³/mol. The molecule has 1 unspecified atom stereocenters. The van der Waals surface area contributed by atoms with Crippen molar-refractivity contribution >= 4 is 40.4 Å². The largest absolute Gasteiger partial charge is 0.379 e. The zero-order valence-electron chi connectivity index (χ0n) is 13.8. The lowest BCUT2D eigenvalue weighted by atomic mass is 10.0. The van der Waals surface area contributed by atoms with Crippen LogP contribution in [0.4, 0.5) is 8.78 Å². The van der Waals surface area contributed by atoms with Gasteiger partial charge in [-0.25, -0.2) is 8.78 Å². The van der Waals surface area contributed by atoms with E-state index in [2.05, 4.69) is 9.98 Å². The average molecular weight is 382 g/mol. The number of pyridine rings is 1. The van der Waals surface area contributed by atoms with Crippen molar-refractivity contribution in [1.29, 1.82) is 0 Å². The first-order valence-electron chi connectivity index (χ1n) is 7.60. The van der Waals surface area contributed by atoms with Gasteiger partial charge >= 0.3 is 0 Å². The number of aliphatic imine (C=N–C) groups is 1. The van der Waals surface area contributed by atoms with E-state index < -0.39 is 17.7 Å². The minimum absolute atomic E-state index is 0.159. The zero-order valence-corrected chi connectivity index (χ0v) is 15.4. The Bertz CT molecular complexity index is 791. The van der Waals surface area contributed by atoms with E-state index in [-0.39, 0.29) is 5.69 Å². The lowest BCUT2D eigenvalue weighted by Gasteiger charge is -2.13. The van der Waals surface area contributed by atoms with Gasteiger partial charge in [0, 0.05) is 11.8 Å². The van der Waals surface area contributed by atoms with Gasteiger partial charge in [0.2, 0.25) is 0 Å². The van der Waals surface area contributed by atoms with Crippen molar-refractivity contribution in [1.82, 2.24) is 4.98 Å². The zero-order chi connectivity index (χ0) is 18.4. The number of rotatable bonds is 5. The lowest BCUT2D eigenvalue weighted by molar-refractivity contribution is 0.576. The Labute approximate surface area is 155 Å². The molecular formula is C18H18ClF2N3S. The monoisotopic (exact) mass is 381 g/mol. The molecule has 0 aliphatic carbocycles. The third kappa shape index (κ3) is 5.28. The molecule has 1 atom stereocenters. The van der Waals surface area contributed by atoms with Gasteiger partial charge in [-0.1, -0.05) is 36.4 Å². The van der Waals surface area contributed by atoms with Crippen LogP contribution in [0.25, 0.3) is 11.9 Å². The summed E-state index contributed by atoms with van der Waals surface area (Å²) in [5.74, 6) is -0.930. The predicted octanol–water partition coefficient (Wildman–Crippen LogP) is 5.47. The number of thioether (sulfide) groups is 1. The molecule has 1 aromatic carbocycles. The molecule has 7 heteroatoms. The maximum atomic E-state index is 14.3. The number of nitrogens with two attached hydrogens (primary N) is 1. The van der Waals surface area contributed by atoms with Gasteiger partial charge in [0.05, 0.1) is 16.8 Å². The number of hydrogen-bond acceptors (Lipinski definition) is 3. The normalized spacial score (nSPS) is 13.8. The SMILES string of the molecule is CCC(N=C(N)SC)c1cc(/C=C(\F)c2ccc(Cl)cn2)ccc1F. The second kappa shape index (κ2) is 8.97. The summed E-state index contributed by atoms with van der Waals surface area (Å²) in [4.78, 5) is 8.23. The molecule has 0 fully saturated rings. The minimum Gasteiger partial charge on any atom is -0.379 e. The van der Waals surface area contributed by atoms with Crippen LogP contribution in [0.3, 0.4) is 0 Å². The second-order valence-corrected chi connectivity index (χ2v) is 6.49. The molecule has 2 aromatic rings. The van der Waals surface area contributed by atoms with Crippen molar-refractivity contribution in [2.45, 2.75) is 19.4 Å². The highest BCUT2D eigenvalue weighted by molar-refractivity contribution is 8.13. The van der Waals surface area contributed by atoms with Gasteiger partial charge in [0.15, 0.2) is 5.17 Å². The van der Waals surface area contributed by atoms with Gasteiger partial charge in [-0.3, -0.25) is 9.98 Å². The standard InChI is InChI=1S/C18H18ClF2N3S/c1-3-16(24-18(22)25-2)13-8-11(4-6-14(13)20)9-15(21)17-7-5-12(19)10-23-17/h4-10,16H,3H2,1-2H3,(H2,22,24)/b15-9-. The third-order valence-electron chi connectivity index (χ3n) is 3.52. The van der Waals surface area contributed by atoms with Crippen LogP contribution in [0.1, 0.15) is 36.2 Å². The maximum absolute atomic E-state index is 14.3. The Balaban J connectivity index is 2.37. The van der Waals surface area contributed by atoms with E-state index in [1.54, 1.807) is 18.4 Å². The first-order valence-corrected chi connectivity index (χ1v) is 9.20. The fraction of sp³-hybridized carbons (Fsp3) is 0.222. The van der Waals surface area contributed by atoms with Gasteiger partial charge in [-0.15, -0.1) is 0 Å². The smallest absolute Gasteiger partial charge is 0.154 e. The molecule has 0 radical (unpaired) electrons. The minimum atomic E-state index is -0.533. The molecular weight excluding hydrogens is 364 g/mol. The van der Waals surface area contributed by atoms with E-state index in [1.165, 1.54) is 42.2 Å². The van der Waals surface area contributed by atoms with E-state index in [1.807, 2.05) is 6.92 Å². The Kier molecular flexibility index (Phi) is 6.96. The van der Waals surface area contributed by atoms with Crippen molar-refractivity contribution in [2.75, 3.05) is 6.26 Å². The molecule has 1 heterocycles. The lowest BCUT2D eigenvalue weighted by Crippen LogP contribution is -2.09. The van der Waals surface area contributed by atoms with Crippen LogP contribution < -0.4 is 5.73 Å². The van der Waals surface area contributed by atoms with Crippen molar-refractivity contribution < 1.29 is 8.78 Å². The van der Waals surface area contributed by atoms with Crippen molar-refractivity contribution in [3.8, 4) is 0 Å². The summed E-state index contributed by atoms with van der Waals surface area (Å²) < 4.78 is 28.6. The number of nitrogens with zero attached hydrogens (tertiary/aromatic N) is 2. The van der Waals surface area contributed by atoms with E-state index in [4.69, 9.17) is 17.3 Å². The number of halogens is 3. The molecule has 25 heavy (non-hydrogen) atoms. The van der Waals surface area contributed by atoms with Gasteiger partial charge < -0.3 is 5.73 Å². The van der Waals surface area contributed by atoms with Crippen LogP contribution in [0.2, 0.25) is 5.02 Å². The maximum Gasteiger partial charge on any atom is 0.154 e. The van der Waals surface area contributed by atoms with Crippen molar-refractivity contribution in [2.24, 2.45) is 10.7 Å². The number of amidine groups is 1. The molecule has 2 N–H and O–H groups in total. The molecule has 0 aliphatic rings. The summed E-state index contributed by atoms with van der Waals surface area (Å²) in [6.07, 6.45) is 5.04. The van der Waals surface area contributed by atoms with Crippen LogP contribution in [-0.2, 0) is 0 Å². The first kappa shape index (κ1) is 19.4. The Morgan fingerprint density at radius 2 is 2.16 bits per heavy atom. The van der Waals surface area contributed by atoms with Crippen LogP contribution in [0.15, 0.2) is 41.5 Å². The van der Waals surface area contributed by atoms with E-state index >= 15 is 0 Å². The van der Waals surface area contributed by atoms with Crippen LogP contribution in [-0.4, -0.2) is 16.4 Å². The highest BCUT2D eigenvalue weighted by Crippen LogP contribution is 2.27. The first-order chi connectivity index (χ1) is 11.9. The second-order valence-electron chi connectivity index (χ2n) is 5.23. The summed E-state index contributed by atoms with van der Waals surface area (Å²) in [7, 11) is 0. The highest BCUT2D eigenvalue weighted by Gasteiger charge is 2.14. The molecule has 132 valence electrons. The summed E-state index contributed by atoms with van der Waals surface area (Å²) in [6, 6.07) is 7.00. The molecule has 3 nitrogen and oxygen atoms in total. The fourth-order valence-electron chi connectivity index (χ4n) is 2.23. The molecule has 2 rings (SSSR count). The Morgan fingerprint density at radius 3 is 2.76 bits per heavy atom. The summed E-state index contributed by atoms with van der Waals surface area (Å²) in [5, 5.41) is 0.805. The van der Waals surface area contributed by atoms with Gasteiger partial charge in [0.25, 0.3) is 0 Å². The fourth-order valence-corrected chi connectivity index (χ4v) is 2.58. The topological polar surface area (TPSA) is 51.3 Å². The number of benzene rings is 1. The van der Waals surface area contributed by atoms with Gasteiger partial charge in [-0.2, -0.15) is 0 Å². The van der Waals surface area contributed by atoms with Crippen LogP contribution >= 0.6 is 23.4 Å². The molecule has 1 aromatic heterocycles. The van der Waals surface area contributed by atoms with Crippen LogP contribution in [0.5, 0.6) is 0 Å². The molecule has 0 saturated carbocycles. The molecule has 0 aliphatic heterocycles. The highest BCUT2D eigenvalue weighted by atomic mass is 35.5. The molecule has 0 spiro atoms. The molecule has 0 bridgehead atoms. The van der Waals surface area contributed by atoms with Gasteiger partial charge in [0.1, 0.15) is 11.6 Å². The van der Waals surface area contributed by atoms with Crippen molar-refractivity contribution in [3.05, 3.63) is 64.2 Å². The van der Waals surface area contributed by atoms with E-state index in [9.17, 15) is 8.78 Å². The third-order valence-corrected chi connectivity index (χ3v) is 4.27. The summed E-state index contributed by atoms with van der Waals surface area (Å²) >= 11 is 7.05. The molecule has 0 saturated heterocycles.